The lowest BCUT2D eigenvalue weighted by atomic mass is 10.3. The third kappa shape index (κ3) is 3.84. The van der Waals surface area contributed by atoms with Crippen molar-refractivity contribution < 1.29 is 13.2 Å². The monoisotopic (exact) mass is 373 g/mol. The number of thiophene rings is 1. The number of sulfonamides is 1. The van der Waals surface area contributed by atoms with Gasteiger partial charge in [0.25, 0.3) is 10.0 Å². The molecule has 0 aliphatic heterocycles. The first-order valence-electron chi connectivity index (χ1n) is 5.63. The molecule has 1 N–H and O–H groups in total. The van der Waals surface area contributed by atoms with E-state index >= 15 is 0 Å². The lowest BCUT2D eigenvalue weighted by molar-refractivity contribution is 0.363. The van der Waals surface area contributed by atoms with Crippen LogP contribution in [0.15, 0.2) is 57.0 Å². The highest BCUT2D eigenvalue weighted by Gasteiger charge is 2.16. The van der Waals surface area contributed by atoms with Crippen molar-refractivity contribution in [1.82, 2.24) is 0 Å². The number of rotatable bonds is 6. The molecule has 1 heterocycles. The second kappa shape index (κ2) is 6.43. The van der Waals surface area contributed by atoms with Gasteiger partial charge in [-0.25, -0.2) is 8.42 Å². The number of anilines is 1. The molecule has 2 aromatic rings. The van der Waals surface area contributed by atoms with Crippen molar-refractivity contribution in [2.45, 2.75) is 4.21 Å². The second-order valence-corrected chi connectivity index (χ2v) is 8.16. The minimum atomic E-state index is -3.57. The molecule has 0 atom stereocenters. The number of hydrogen-bond donors (Lipinski definition) is 1. The van der Waals surface area contributed by atoms with Crippen LogP contribution >= 0.6 is 27.3 Å². The summed E-state index contributed by atoms with van der Waals surface area (Å²) in [6.07, 6.45) is 1.63. The third-order valence-corrected chi connectivity index (χ3v) is 5.76. The van der Waals surface area contributed by atoms with Crippen LogP contribution in [0.3, 0.4) is 0 Å². The second-order valence-electron chi connectivity index (χ2n) is 3.79. The van der Waals surface area contributed by atoms with Gasteiger partial charge in [0.05, 0.1) is 9.47 Å². The number of nitrogens with one attached hydrogen (secondary N) is 1. The third-order valence-electron chi connectivity index (χ3n) is 2.27. The Bertz CT molecular complexity index is 710. The summed E-state index contributed by atoms with van der Waals surface area (Å²) < 4.78 is 33.2. The highest BCUT2D eigenvalue weighted by Crippen LogP contribution is 2.28. The van der Waals surface area contributed by atoms with Gasteiger partial charge in [-0.15, -0.1) is 11.3 Å². The predicted molar refractivity (Wildman–Crippen MR) is 85.0 cm³/mol. The van der Waals surface area contributed by atoms with E-state index in [0.717, 1.165) is 15.1 Å². The number of ether oxygens (including phenoxy) is 1. The zero-order chi connectivity index (χ0) is 14.6. The molecule has 0 bridgehead atoms. The molecule has 0 unspecified atom stereocenters. The summed E-state index contributed by atoms with van der Waals surface area (Å²) in [5, 5.41) is 0. The molecule has 0 saturated heterocycles. The maximum absolute atomic E-state index is 12.2. The van der Waals surface area contributed by atoms with E-state index in [0.29, 0.717) is 18.0 Å². The van der Waals surface area contributed by atoms with Crippen molar-refractivity contribution in [3.05, 3.63) is 52.8 Å². The smallest absolute Gasteiger partial charge is 0.271 e. The molecule has 1 aromatic heterocycles. The Kier molecular flexibility index (Phi) is 4.85. The SMILES string of the molecule is C=CCOc1cccc(NS(=O)(=O)c2ccc(Br)s2)c1. The minimum absolute atomic E-state index is 0.252. The van der Waals surface area contributed by atoms with E-state index in [1.165, 1.54) is 0 Å². The Labute approximate surface area is 130 Å². The van der Waals surface area contributed by atoms with Crippen molar-refractivity contribution in [2.24, 2.45) is 0 Å². The highest BCUT2D eigenvalue weighted by atomic mass is 79.9. The molecule has 0 fully saturated rings. The molecule has 7 heteroatoms. The van der Waals surface area contributed by atoms with E-state index < -0.39 is 10.0 Å². The van der Waals surface area contributed by atoms with Crippen LogP contribution < -0.4 is 9.46 Å². The lowest BCUT2D eigenvalue weighted by Gasteiger charge is -2.08. The molecule has 2 rings (SSSR count). The van der Waals surface area contributed by atoms with E-state index in [-0.39, 0.29) is 4.21 Å². The fourth-order valence-corrected chi connectivity index (χ4v) is 4.51. The Balaban J connectivity index is 2.19. The summed E-state index contributed by atoms with van der Waals surface area (Å²) in [5.41, 5.74) is 0.455. The number of hydrogen-bond acceptors (Lipinski definition) is 4. The average molecular weight is 374 g/mol. The molecule has 1 aromatic carbocycles. The standard InChI is InChI=1S/C13H12BrNO3S2/c1-2-8-18-11-5-3-4-10(9-11)15-20(16,17)13-7-6-12(14)19-13/h2-7,9,15H,1,8H2. The molecule has 0 spiro atoms. The van der Waals surface area contributed by atoms with Crippen LogP contribution in [-0.4, -0.2) is 15.0 Å². The van der Waals surface area contributed by atoms with Gasteiger partial charge in [-0.3, -0.25) is 4.72 Å². The molecule has 0 aliphatic rings. The summed E-state index contributed by atoms with van der Waals surface area (Å²) in [4.78, 5) is 0. The molecular weight excluding hydrogens is 362 g/mol. The van der Waals surface area contributed by atoms with Gasteiger partial charge in [0.2, 0.25) is 0 Å². The number of halogens is 1. The van der Waals surface area contributed by atoms with Gasteiger partial charge in [0, 0.05) is 6.07 Å². The van der Waals surface area contributed by atoms with E-state index in [2.05, 4.69) is 27.2 Å². The fourth-order valence-electron chi connectivity index (χ4n) is 1.45. The summed E-state index contributed by atoms with van der Waals surface area (Å²) in [5.74, 6) is 0.581. The van der Waals surface area contributed by atoms with E-state index in [1.54, 1.807) is 42.5 Å². The van der Waals surface area contributed by atoms with Crippen LogP contribution in [0, 0.1) is 0 Å². The highest BCUT2D eigenvalue weighted by molar-refractivity contribution is 9.11. The Hall–Kier alpha value is -1.31. The fraction of sp³-hybridized carbons (Fsp3) is 0.0769. The normalized spacial score (nSPS) is 11.1. The van der Waals surface area contributed by atoms with Crippen LogP contribution in [0.5, 0.6) is 5.75 Å². The van der Waals surface area contributed by atoms with Crippen LogP contribution in [-0.2, 0) is 10.0 Å². The molecule has 20 heavy (non-hydrogen) atoms. The maximum atomic E-state index is 12.2. The largest absolute Gasteiger partial charge is 0.489 e. The molecule has 0 aliphatic carbocycles. The van der Waals surface area contributed by atoms with E-state index in [1.807, 2.05) is 0 Å². The Morgan fingerprint density at radius 2 is 2.15 bits per heavy atom. The topological polar surface area (TPSA) is 55.4 Å². The minimum Gasteiger partial charge on any atom is -0.489 e. The molecular formula is C13H12BrNO3S2. The van der Waals surface area contributed by atoms with Gasteiger partial charge in [-0.2, -0.15) is 0 Å². The van der Waals surface area contributed by atoms with Crippen molar-refractivity contribution in [1.29, 1.82) is 0 Å². The van der Waals surface area contributed by atoms with Crippen molar-refractivity contribution >= 4 is 43.0 Å². The summed E-state index contributed by atoms with van der Waals surface area (Å²) in [6, 6.07) is 10.0. The Morgan fingerprint density at radius 1 is 1.35 bits per heavy atom. The van der Waals surface area contributed by atoms with Gasteiger partial charge in [-0.1, -0.05) is 18.7 Å². The summed E-state index contributed by atoms with van der Waals surface area (Å²) in [7, 11) is -3.57. The average Bonchev–Trinajstić information content (AvgIpc) is 2.84. The van der Waals surface area contributed by atoms with Gasteiger partial charge < -0.3 is 4.74 Å². The molecule has 4 nitrogen and oxygen atoms in total. The first-order valence-corrected chi connectivity index (χ1v) is 8.72. The van der Waals surface area contributed by atoms with Crippen molar-refractivity contribution in [3.63, 3.8) is 0 Å². The summed E-state index contributed by atoms with van der Waals surface area (Å²) >= 11 is 4.40. The number of benzene rings is 1. The van der Waals surface area contributed by atoms with Gasteiger partial charge in [-0.05, 0) is 40.2 Å². The molecule has 0 radical (unpaired) electrons. The van der Waals surface area contributed by atoms with Gasteiger partial charge >= 0.3 is 0 Å². The van der Waals surface area contributed by atoms with Gasteiger partial charge in [0.1, 0.15) is 16.6 Å². The summed E-state index contributed by atoms with van der Waals surface area (Å²) in [6.45, 7) is 3.93. The first-order chi connectivity index (χ1) is 9.51. The Morgan fingerprint density at radius 3 is 2.80 bits per heavy atom. The zero-order valence-corrected chi connectivity index (χ0v) is 13.6. The van der Waals surface area contributed by atoms with Crippen LogP contribution in [0.2, 0.25) is 0 Å². The lowest BCUT2D eigenvalue weighted by Crippen LogP contribution is -2.11. The first kappa shape index (κ1) is 15.1. The van der Waals surface area contributed by atoms with Crippen LogP contribution in [0.4, 0.5) is 5.69 Å². The van der Waals surface area contributed by atoms with Crippen molar-refractivity contribution in [3.8, 4) is 5.75 Å². The molecule has 106 valence electrons. The van der Waals surface area contributed by atoms with Crippen LogP contribution in [0.25, 0.3) is 0 Å². The van der Waals surface area contributed by atoms with Gasteiger partial charge in [0.15, 0.2) is 0 Å². The molecule has 0 saturated carbocycles. The zero-order valence-electron chi connectivity index (χ0n) is 10.4. The van der Waals surface area contributed by atoms with E-state index in [4.69, 9.17) is 4.74 Å². The maximum Gasteiger partial charge on any atom is 0.271 e. The molecule has 0 amide bonds. The predicted octanol–water partition coefficient (Wildman–Crippen LogP) is 3.88. The van der Waals surface area contributed by atoms with Crippen molar-refractivity contribution in [2.75, 3.05) is 11.3 Å². The quantitative estimate of drug-likeness (QED) is 0.781. The van der Waals surface area contributed by atoms with E-state index in [9.17, 15) is 8.42 Å². The van der Waals surface area contributed by atoms with Crippen LogP contribution in [0.1, 0.15) is 0 Å².